The van der Waals surface area contributed by atoms with E-state index in [4.69, 9.17) is 18.9 Å². The molecule has 1 amide bonds. The van der Waals surface area contributed by atoms with Gasteiger partial charge in [0.1, 0.15) is 48.8 Å². The summed E-state index contributed by atoms with van der Waals surface area (Å²) in [6.07, 6.45) is 46.2. The minimum Gasteiger partial charge on any atom is -0.394 e. The number of aliphatic hydroxyl groups is 8. The maximum atomic E-state index is 13.3. The number of unbranched alkanes of at least 4 members (excludes halogenated alkanes) is 36. The third-order valence-corrected chi connectivity index (χ3v) is 16.0. The minimum atomic E-state index is -1.79. The molecule has 12 atom stereocenters. The Morgan fingerprint density at radius 3 is 1.24 bits per heavy atom. The SMILES string of the molecule is CCCCCCCCCC/C=C\CCCCCCCCCCCCCC(=O)NC(COC1OC(CO)C(OC2OC(CO)C(O)C(O)C2O)C(O)C1O)C(O)/C=C/CC/C=C/CCCCCCCCCCCCCCCCCC. The summed E-state index contributed by atoms with van der Waals surface area (Å²) in [6.45, 7) is 2.81. The Hall–Kier alpha value is -1.79. The summed E-state index contributed by atoms with van der Waals surface area (Å²) in [4.78, 5) is 13.3. The van der Waals surface area contributed by atoms with E-state index < -0.39 is 86.8 Å². The molecular weight excluding hydrogens is 1000 g/mol. The van der Waals surface area contributed by atoms with Crippen LogP contribution >= 0.6 is 0 Å². The average molecular weight is 1120 g/mol. The number of carbonyl (C=O) groups is 1. The zero-order valence-electron chi connectivity index (χ0n) is 50.1. The van der Waals surface area contributed by atoms with Crippen LogP contribution in [0, 0.1) is 0 Å². The predicted octanol–water partition coefficient (Wildman–Crippen LogP) is 12.2. The first kappa shape index (κ1) is 73.3. The molecule has 2 rings (SSSR count). The molecule has 0 aliphatic carbocycles. The molecule has 0 bridgehead atoms. The number of amides is 1. The van der Waals surface area contributed by atoms with Crippen molar-refractivity contribution in [3.8, 4) is 0 Å². The predicted molar refractivity (Wildman–Crippen MR) is 318 cm³/mol. The Balaban J connectivity index is 1.74. The van der Waals surface area contributed by atoms with E-state index in [-0.39, 0.29) is 18.9 Å². The van der Waals surface area contributed by atoms with Gasteiger partial charge in [0, 0.05) is 6.42 Å². The lowest BCUT2D eigenvalue weighted by Gasteiger charge is -2.46. The van der Waals surface area contributed by atoms with E-state index in [1.54, 1.807) is 6.08 Å². The van der Waals surface area contributed by atoms with Gasteiger partial charge in [-0.05, 0) is 57.8 Å². The Labute approximate surface area is 481 Å². The standard InChI is InChI=1S/C65H121NO13/c1-3-5-7-9-11-13-15-17-19-21-23-25-27-29-31-33-35-37-39-41-43-45-47-49-57(70)66-53(52-76-64-62(75)60(73)63(56(51-68)78-64)79-65-61(74)59(72)58(71)55(50-67)77-65)54(69)48-46-44-42-40-38-36-34-32-30-28-26-24-22-20-18-16-14-12-10-8-6-4-2/h21,23,38,40,46,48,53-56,58-65,67-69,71-75H,3-20,22,24-37,39,41-45,47,49-52H2,1-2H3,(H,66,70)/b23-21-,40-38+,48-46+. The maximum absolute atomic E-state index is 13.3. The highest BCUT2D eigenvalue weighted by atomic mass is 16.7. The van der Waals surface area contributed by atoms with E-state index in [2.05, 4.69) is 43.5 Å². The van der Waals surface area contributed by atoms with Gasteiger partial charge in [0.15, 0.2) is 12.6 Å². The number of rotatable bonds is 53. The number of aliphatic hydroxyl groups excluding tert-OH is 8. The molecule has 14 heteroatoms. The first-order chi connectivity index (χ1) is 38.6. The monoisotopic (exact) mass is 1120 g/mol. The number of allylic oxidation sites excluding steroid dienone is 5. The Morgan fingerprint density at radius 1 is 0.443 bits per heavy atom. The van der Waals surface area contributed by atoms with Gasteiger partial charge in [-0.2, -0.15) is 0 Å². The molecule has 2 aliphatic heterocycles. The quantitative estimate of drug-likeness (QED) is 0.0204. The summed E-state index contributed by atoms with van der Waals surface area (Å²) in [6, 6.07) is -0.932. The van der Waals surface area contributed by atoms with Crippen LogP contribution < -0.4 is 5.32 Å². The van der Waals surface area contributed by atoms with Crippen molar-refractivity contribution in [2.45, 2.75) is 351 Å². The molecule has 2 saturated heterocycles. The molecule has 0 aromatic carbocycles. The highest BCUT2D eigenvalue weighted by molar-refractivity contribution is 5.76. The Kier molecular flexibility index (Phi) is 47.0. The molecule has 0 radical (unpaired) electrons. The van der Waals surface area contributed by atoms with Crippen LogP contribution in [0.3, 0.4) is 0 Å². The van der Waals surface area contributed by atoms with Crippen LogP contribution in [-0.2, 0) is 23.7 Å². The highest BCUT2D eigenvalue weighted by Gasteiger charge is 2.51. The summed E-state index contributed by atoms with van der Waals surface area (Å²) in [5.41, 5.74) is 0. The van der Waals surface area contributed by atoms with Crippen LogP contribution in [0.2, 0.25) is 0 Å². The third-order valence-electron chi connectivity index (χ3n) is 16.0. The van der Waals surface area contributed by atoms with Crippen LogP contribution in [-0.4, -0.2) is 140 Å². The largest absolute Gasteiger partial charge is 0.394 e. The summed E-state index contributed by atoms with van der Waals surface area (Å²) in [5, 5.41) is 87.3. The van der Waals surface area contributed by atoms with E-state index in [0.717, 1.165) is 32.1 Å². The molecular formula is C65H121NO13. The van der Waals surface area contributed by atoms with Crippen molar-refractivity contribution in [3.63, 3.8) is 0 Å². The van der Waals surface area contributed by atoms with Gasteiger partial charge in [-0.1, -0.05) is 249 Å². The lowest BCUT2D eigenvalue weighted by molar-refractivity contribution is -0.359. The fourth-order valence-corrected chi connectivity index (χ4v) is 10.8. The summed E-state index contributed by atoms with van der Waals surface area (Å²) in [5.74, 6) is -0.247. The summed E-state index contributed by atoms with van der Waals surface area (Å²) >= 11 is 0. The van der Waals surface area contributed by atoms with Crippen LogP contribution in [0.5, 0.6) is 0 Å². The number of hydrogen-bond donors (Lipinski definition) is 9. The van der Waals surface area contributed by atoms with Crippen LogP contribution in [0.15, 0.2) is 36.5 Å². The third kappa shape index (κ3) is 35.8. The Morgan fingerprint density at radius 2 is 0.810 bits per heavy atom. The second-order valence-electron chi connectivity index (χ2n) is 23.2. The van der Waals surface area contributed by atoms with E-state index in [1.165, 1.54) is 212 Å². The molecule has 464 valence electrons. The fraction of sp³-hybridized carbons (Fsp3) is 0.892. The molecule has 9 N–H and O–H groups in total. The van der Waals surface area contributed by atoms with Gasteiger partial charge in [0.25, 0.3) is 0 Å². The Bertz CT molecular complexity index is 1460. The van der Waals surface area contributed by atoms with Crippen molar-refractivity contribution in [3.05, 3.63) is 36.5 Å². The normalized spacial score (nSPS) is 24.6. The first-order valence-electron chi connectivity index (χ1n) is 32.7. The molecule has 14 nitrogen and oxygen atoms in total. The first-order valence-corrected chi connectivity index (χ1v) is 32.7. The van der Waals surface area contributed by atoms with Crippen molar-refractivity contribution >= 4 is 5.91 Å². The van der Waals surface area contributed by atoms with Gasteiger partial charge >= 0.3 is 0 Å². The maximum Gasteiger partial charge on any atom is 0.220 e. The summed E-state index contributed by atoms with van der Waals surface area (Å²) in [7, 11) is 0. The molecule has 0 spiro atoms. The zero-order valence-corrected chi connectivity index (χ0v) is 50.1. The molecule has 0 aromatic rings. The number of ether oxygens (including phenoxy) is 4. The van der Waals surface area contributed by atoms with Crippen molar-refractivity contribution in [1.29, 1.82) is 0 Å². The van der Waals surface area contributed by atoms with E-state index in [9.17, 15) is 45.6 Å². The molecule has 12 unspecified atom stereocenters. The second kappa shape index (κ2) is 50.7. The van der Waals surface area contributed by atoms with Crippen molar-refractivity contribution in [2.75, 3.05) is 19.8 Å². The number of nitrogens with one attached hydrogen (secondary N) is 1. The van der Waals surface area contributed by atoms with Gasteiger partial charge in [-0.15, -0.1) is 0 Å². The van der Waals surface area contributed by atoms with Crippen LogP contribution in [0.1, 0.15) is 277 Å². The molecule has 79 heavy (non-hydrogen) atoms. The molecule has 0 saturated carbocycles. The van der Waals surface area contributed by atoms with Gasteiger partial charge < -0.3 is 65.1 Å². The van der Waals surface area contributed by atoms with Crippen molar-refractivity contribution in [1.82, 2.24) is 5.32 Å². The van der Waals surface area contributed by atoms with Crippen molar-refractivity contribution < 1.29 is 64.6 Å². The average Bonchev–Trinajstić information content (AvgIpc) is 3.47. The second-order valence-corrected chi connectivity index (χ2v) is 23.2. The lowest BCUT2D eigenvalue weighted by atomic mass is 9.97. The smallest absolute Gasteiger partial charge is 0.220 e. The molecule has 2 heterocycles. The highest BCUT2D eigenvalue weighted by Crippen LogP contribution is 2.30. The number of carbonyl (C=O) groups excluding carboxylic acids is 1. The topological polar surface area (TPSA) is 228 Å². The van der Waals surface area contributed by atoms with Gasteiger partial charge in [0.2, 0.25) is 5.91 Å². The van der Waals surface area contributed by atoms with Crippen molar-refractivity contribution in [2.24, 2.45) is 0 Å². The number of hydrogen-bond acceptors (Lipinski definition) is 13. The fourth-order valence-electron chi connectivity index (χ4n) is 10.8. The van der Waals surface area contributed by atoms with Gasteiger partial charge in [-0.25, -0.2) is 0 Å². The van der Waals surface area contributed by atoms with Gasteiger partial charge in [0.05, 0.1) is 32.0 Å². The van der Waals surface area contributed by atoms with Crippen LogP contribution in [0.4, 0.5) is 0 Å². The van der Waals surface area contributed by atoms with E-state index in [1.807, 2.05) is 6.08 Å². The van der Waals surface area contributed by atoms with E-state index >= 15 is 0 Å². The summed E-state index contributed by atoms with van der Waals surface area (Å²) < 4.78 is 22.8. The van der Waals surface area contributed by atoms with Crippen LogP contribution in [0.25, 0.3) is 0 Å². The molecule has 2 fully saturated rings. The molecule has 0 aromatic heterocycles. The van der Waals surface area contributed by atoms with Gasteiger partial charge in [-0.3, -0.25) is 4.79 Å². The molecule has 2 aliphatic rings. The lowest BCUT2D eigenvalue weighted by Crippen LogP contribution is -2.65. The minimum absolute atomic E-state index is 0.247. The van der Waals surface area contributed by atoms with E-state index in [0.29, 0.717) is 12.8 Å². The zero-order chi connectivity index (χ0) is 57.4.